The Morgan fingerprint density at radius 1 is 1.36 bits per heavy atom. The molecule has 0 spiro atoms. The summed E-state index contributed by atoms with van der Waals surface area (Å²) in [6.07, 6.45) is 7.28. The first-order valence-electron chi connectivity index (χ1n) is 8.85. The molecule has 1 N–H and O–H groups in total. The molecule has 0 aromatic heterocycles. The Morgan fingerprint density at radius 2 is 2.16 bits per heavy atom. The zero-order chi connectivity index (χ0) is 17.9. The lowest BCUT2D eigenvalue weighted by Gasteiger charge is -2.22. The van der Waals surface area contributed by atoms with E-state index in [9.17, 15) is 9.90 Å². The molecule has 2 atom stereocenters. The number of nitriles is 1. The van der Waals surface area contributed by atoms with Crippen LogP contribution in [0.1, 0.15) is 31.2 Å². The highest BCUT2D eigenvalue weighted by atomic mass is 32.2. The summed E-state index contributed by atoms with van der Waals surface area (Å²) in [7, 11) is 0. The third-order valence-electron chi connectivity index (χ3n) is 4.32. The minimum absolute atomic E-state index is 0.102. The molecule has 25 heavy (non-hydrogen) atoms. The number of likely N-dealkylation sites (tertiary alicyclic amines) is 1. The number of carbonyl (C=O) groups excluding carboxylic acids is 1. The molecule has 1 aliphatic rings. The molecular weight excluding hydrogens is 332 g/mol. The van der Waals surface area contributed by atoms with Gasteiger partial charge in [-0.25, -0.2) is 0 Å². The maximum Gasteiger partial charge on any atom is 0.223 e. The van der Waals surface area contributed by atoms with Crippen LogP contribution in [0.25, 0.3) is 0 Å². The van der Waals surface area contributed by atoms with E-state index in [0.29, 0.717) is 18.6 Å². The van der Waals surface area contributed by atoms with E-state index in [2.05, 4.69) is 6.07 Å². The van der Waals surface area contributed by atoms with Gasteiger partial charge in [-0.15, -0.1) is 11.8 Å². The predicted octanol–water partition coefficient (Wildman–Crippen LogP) is 3.17. The van der Waals surface area contributed by atoms with Crippen molar-refractivity contribution in [2.75, 3.05) is 18.1 Å². The van der Waals surface area contributed by atoms with Crippen molar-refractivity contribution in [1.29, 1.82) is 5.26 Å². The normalized spacial score (nSPS) is 18.6. The Labute approximate surface area is 154 Å². The van der Waals surface area contributed by atoms with E-state index in [1.54, 1.807) is 11.8 Å². The first-order valence-corrected chi connectivity index (χ1v) is 10.0. The van der Waals surface area contributed by atoms with Gasteiger partial charge in [0.15, 0.2) is 0 Å². The highest BCUT2D eigenvalue weighted by molar-refractivity contribution is 7.99. The quantitative estimate of drug-likeness (QED) is 0.515. The number of hydrogen-bond acceptors (Lipinski definition) is 4. The van der Waals surface area contributed by atoms with Crippen LogP contribution >= 0.6 is 11.8 Å². The van der Waals surface area contributed by atoms with E-state index in [0.717, 1.165) is 37.1 Å². The van der Waals surface area contributed by atoms with E-state index < -0.39 is 6.10 Å². The van der Waals surface area contributed by atoms with Crippen molar-refractivity contribution in [1.82, 2.24) is 4.90 Å². The summed E-state index contributed by atoms with van der Waals surface area (Å²) in [5, 5.41) is 18.7. The van der Waals surface area contributed by atoms with Crippen LogP contribution < -0.4 is 0 Å². The van der Waals surface area contributed by atoms with Crippen molar-refractivity contribution < 1.29 is 9.90 Å². The second-order valence-corrected chi connectivity index (χ2v) is 7.36. The van der Waals surface area contributed by atoms with Crippen LogP contribution in [-0.4, -0.2) is 46.1 Å². The van der Waals surface area contributed by atoms with Gasteiger partial charge in [0, 0.05) is 19.4 Å². The average Bonchev–Trinajstić information content (AvgIpc) is 2.97. The highest BCUT2D eigenvalue weighted by Crippen LogP contribution is 2.21. The number of rotatable bonds is 10. The minimum Gasteiger partial charge on any atom is -0.389 e. The Bertz CT molecular complexity index is 597. The molecule has 134 valence electrons. The monoisotopic (exact) mass is 358 g/mol. The maximum absolute atomic E-state index is 12.1. The molecule has 0 aliphatic carbocycles. The van der Waals surface area contributed by atoms with Crippen molar-refractivity contribution in [3.8, 4) is 6.07 Å². The topological polar surface area (TPSA) is 64.3 Å². The molecule has 4 nitrogen and oxygen atoms in total. The zero-order valence-electron chi connectivity index (χ0n) is 14.5. The SMILES string of the molecule is N#CCSCCCCN1C(=O)CC[C@@H]1C=CC(O)Cc1ccccc1. The summed E-state index contributed by atoms with van der Waals surface area (Å²) < 4.78 is 0. The molecule has 0 saturated carbocycles. The third-order valence-corrected chi connectivity index (χ3v) is 5.23. The number of nitrogens with zero attached hydrogens (tertiary/aromatic N) is 2. The zero-order valence-corrected chi connectivity index (χ0v) is 15.3. The fourth-order valence-corrected chi connectivity index (χ4v) is 3.67. The fourth-order valence-electron chi connectivity index (χ4n) is 3.03. The third kappa shape index (κ3) is 6.93. The van der Waals surface area contributed by atoms with Crippen molar-refractivity contribution in [3.05, 3.63) is 48.0 Å². The number of thioether (sulfide) groups is 1. The lowest BCUT2D eigenvalue weighted by molar-refractivity contribution is -0.128. The molecule has 5 heteroatoms. The Balaban J connectivity index is 1.76. The molecule has 1 aliphatic heterocycles. The van der Waals surface area contributed by atoms with E-state index in [4.69, 9.17) is 5.26 Å². The predicted molar refractivity (Wildman–Crippen MR) is 102 cm³/mol. The first-order chi connectivity index (χ1) is 12.2. The second-order valence-electron chi connectivity index (χ2n) is 6.25. The van der Waals surface area contributed by atoms with E-state index >= 15 is 0 Å². The van der Waals surface area contributed by atoms with Gasteiger partial charge in [-0.1, -0.05) is 42.5 Å². The van der Waals surface area contributed by atoms with Gasteiger partial charge in [-0.3, -0.25) is 4.79 Å². The smallest absolute Gasteiger partial charge is 0.223 e. The molecule has 1 saturated heterocycles. The summed E-state index contributed by atoms with van der Waals surface area (Å²) in [5.41, 5.74) is 1.11. The van der Waals surface area contributed by atoms with Gasteiger partial charge in [-0.2, -0.15) is 5.26 Å². The largest absolute Gasteiger partial charge is 0.389 e. The number of hydrogen-bond donors (Lipinski definition) is 1. The summed E-state index contributed by atoms with van der Waals surface area (Å²) in [6.45, 7) is 0.760. The number of carbonyl (C=O) groups is 1. The fraction of sp³-hybridized carbons (Fsp3) is 0.500. The first kappa shape index (κ1) is 19.6. The lowest BCUT2D eigenvalue weighted by atomic mass is 10.1. The molecule has 1 unspecified atom stereocenters. The van der Waals surface area contributed by atoms with Gasteiger partial charge in [-0.05, 0) is 30.6 Å². The van der Waals surface area contributed by atoms with Crippen molar-refractivity contribution in [2.24, 2.45) is 0 Å². The second kappa shape index (κ2) is 11.0. The van der Waals surface area contributed by atoms with Crippen LogP contribution in [0.3, 0.4) is 0 Å². The van der Waals surface area contributed by atoms with E-state index in [-0.39, 0.29) is 11.9 Å². The molecule has 2 rings (SSSR count). The number of unbranched alkanes of at least 4 members (excludes halogenated alkanes) is 1. The molecule has 0 radical (unpaired) electrons. The van der Waals surface area contributed by atoms with Gasteiger partial charge in [0.05, 0.1) is 24.0 Å². The van der Waals surface area contributed by atoms with E-state index in [1.807, 2.05) is 47.4 Å². The van der Waals surface area contributed by atoms with Gasteiger partial charge < -0.3 is 10.0 Å². The van der Waals surface area contributed by atoms with Crippen LogP contribution in [0, 0.1) is 11.3 Å². The number of aliphatic hydroxyl groups is 1. The van der Waals surface area contributed by atoms with Gasteiger partial charge in [0.1, 0.15) is 0 Å². The lowest BCUT2D eigenvalue weighted by Crippen LogP contribution is -2.33. The molecular formula is C20H26N2O2S. The van der Waals surface area contributed by atoms with Crippen LogP contribution in [0.2, 0.25) is 0 Å². The maximum atomic E-state index is 12.1. The number of aliphatic hydroxyl groups excluding tert-OH is 1. The van der Waals surface area contributed by atoms with E-state index in [1.165, 1.54) is 0 Å². The molecule has 1 fully saturated rings. The number of benzene rings is 1. The highest BCUT2D eigenvalue weighted by Gasteiger charge is 2.28. The molecule has 1 amide bonds. The van der Waals surface area contributed by atoms with Crippen LogP contribution in [0.5, 0.6) is 0 Å². The molecule has 1 aromatic rings. The Morgan fingerprint density at radius 3 is 2.92 bits per heavy atom. The standard InChI is InChI=1S/C20H26N2O2S/c21-12-15-25-14-5-4-13-22-18(9-11-20(22)24)8-10-19(23)16-17-6-2-1-3-7-17/h1-3,6-8,10,18-19,23H,4-5,9,11,13-16H2/t18-,19?/m0/s1. The van der Waals surface area contributed by atoms with Crippen LogP contribution in [0.4, 0.5) is 0 Å². The summed E-state index contributed by atoms with van der Waals surface area (Å²) >= 11 is 1.64. The molecule has 1 heterocycles. The van der Waals surface area contributed by atoms with Gasteiger partial charge in [0.2, 0.25) is 5.91 Å². The van der Waals surface area contributed by atoms with Crippen molar-refractivity contribution in [2.45, 2.75) is 44.2 Å². The minimum atomic E-state index is -0.526. The van der Waals surface area contributed by atoms with Crippen LogP contribution in [-0.2, 0) is 11.2 Å². The van der Waals surface area contributed by atoms with Crippen molar-refractivity contribution >= 4 is 17.7 Å². The van der Waals surface area contributed by atoms with Gasteiger partial charge >= 0.3 is 0 Å². The average molecular weight is 359 g/mol. The van der Waals surface area contributed by atoms with Crippen molar-refractivity contribution in [3.63, 3.8) is 0 Å². The number of amides is 1. The summed E-state index contributed by atoms with van der Waals surface area (Å²) in [6, 6.07) is 12.1. The molecule has 0 bridgehead atoms. The van der Waals surface area contributed by atoms with Crippen LogP contribution in [0.15, 0.2) is 42.5 Å². The summed E-state index contributed by atoms with van der Waals surface area (Å²) in [5.74, 6) is 1.70. The Hall–Kier alpha value is -1.77. The van der Waals surface area contributed by atoms with Gasteiger partial charge in [0.25, 0.3) is 0 Å². The Kier molecular flexibility index (Phi) is 8.58. The summed E-state index contributed by atoms with van der Waals surface area (Å²) in [4.78, 5) is 14.0. The molecule has 1 aromatic carbocycles.